The van der Waals surface area contributed by atoms with E-state index >= 15 is 0 Å². The zero-order valence-electron chi connectivity index (χ0n) is 23.2. The highest BCUT2D eigenvalue weighted by Crippen LogP contribution is 2.31. The van der Waals surface area contributed by atoms with Crippen LogP contribution in [0.4, 0.5) is 5.82 Å². The van der Waals surface area contributed by atoms with Crippen LogP contribution in [0, 0.1) is 0 Å². The van der Waals surface area contributed by atoms with Gasteiger partial charge in [-0.05, 0) is 43.5 Å². The Kier molecular flexibility index (Phi) is 9.12. The molecule has 5 rings (SSSR count). The standard InChI is InChI=1S/C30H41N5O3S/c1-3-38-29(24-11-7-6-8-12-24)22-34-17-19-35(20-18-34)39(36,37)26-15-16-28-27(21-26)30(32-23-31-28)33(2)25-13-9-4-5-10-14-25/h6-8,11-12,15-16,21,23,25,29H,3-5,9-10,13-14,17-20,22H2,1-2H3. The van der Waals surface area contributed by atoms with E-state index in [-0.39, 0.29) is 6.10 Å². The average Bonchev–Trinajstić information content (AvgIpc) is 3.26. The first kappa shape index (κ1) is 28.0. The fourth-order valence-corrected chi connectivity index (χ4v) is 7.39. The highest BCUT2D eigenvalue weighted by molar-refractivity contribution is 7.89. The molecule has 1 aromatic heterocycles. The molecule has 0 amide bonds. The Bertz CT molecular complexity index is 1320. The molecule has 0 bridgehead atoms. The fraction of sp³-hybridized carbons (Fsp3) is 0.533. The summed E-state index contributed by atoms with van der Waals surface area (Å²) < 4.78 is 35.1. The highest BCUT2D eigenvalue weighted by atomic mass is 32.2. The average molecular weight is 552 g/mol. The van der Waals surface area contributed by atoms with E-state index < -0.39 is 10.0 Å². The number of benzene rings is 2. The van der Waals surface area contributed by atoms with Crippen molar-refractivity contribution >= 4 is 26.7 Å². The van der Waals surface area contributed by atoms with Crippen molar-refractivity contribution < 1.29 is 13.2 Å². The van der Waals surface area contributed by atoms with Crippen molar-refractivity contribution in [1.29, 1.82) is 0 Å². The van der Waals surface area contributed by atoms with Crippen LogP contribution in [0.2, 0.25) is 0 Å². The molecule has 1 saturated heterocycles. The number of nitrogens with zero attached hydrogens (tertiary/aromatic N) is 5. The van der Waals surface area contributed by atoms with E-state index in [2.05, 4.69) is 38.9 Å². The quantitative estimate of drug-likeness (QED) is 0.351. The van der Waals surface area contributed by atoms with Gasteiger partial charge in [0.25, 0.3) is 0 Å². The van der Waals surface area contributed by atoms with Crippen molar-refractivity contribution in [2.24, 2.45) is 0 Å². The van der Waals surface area contributed by atoms with Crippen LogP contribution >= 0.6 is 0 Å². The van der Waals surface area contributed by atoms with Crippen LogP contribution in [-0.2, 0) is 14.8 Å². The topological polar surface area (TPSA) is 78.9 Å². The number of rotatable bonds is 9. The molecule has 8 nitrogen and oxygen atoms in total. The number of fused-ring (bicyclic) bond motifs is 1. The minimum absolute atomic E-state index is 0.0243. The molecule has 1 aliphatic heterocycles. The molecule has 3 aromatic rings. The first-order valence-corrected chi connectivity index (χ1v) is 15.8. The molecule has 2 aromatic carbocycles. The zero-order chi connectivity index (χ0) is 27.2. The lowest BCUT2D eigenvalue weighted by Crippen LogP contribution is -2.49. The third-order valence-electron chi connectivity index (χ3n) is 8.22. The normalized spacial score (nSPS) is 19.1. The molecule has 39 heavy (non-hydrogen) atoms. The van der Waals surface area contributed by atoms with Gasteiger partial charge in [-0.15, -0.1) is 0 Å². The second kappa shape index (κ2) is 12.7. The molecule has 1 saturated carbocycles. The highest BCUT2D eigenvalue weighted by Gasteiger charge is 2.30. The lowest BCUT2D eigenvalue weighted by Gasteiger charge is -2.35. The molecule has 1 atom stereocenters. The van der Waals surface area contributed by atoms with Gasteiger partial charge < -0.3 is 9.64 Å². The van der Waals surface area contributed by atoms with Crippen molar-refractivity contribution in [2.45, 2.75) is 62.5 Å². The molecule has 1 aliphatic carbocycles. The number of anilines is 1. The predicted octanol–water partition coefficient (Wildman–Crippen LogP) is 4.87. The number of hydrogen-bond donors (Lipinski definition) is 0. The van der Waals surface area contributed by atoms with Crippen molar-refractivity contribution in [3.8, 4) is 0 Å². The number of ether oxygens (including phenoxy) is 1. The maximum Gasteiger partial charge on any atom is 0.243 e. The Morgan fingerprint density at radius 3 is 2.38 bits per heavy atom. The smallest absolute Gasteiger partial charge is 0.243 e. The van der Waals surface area contributed by atoms with E-state index in [1.807, 2.05) is 31.2 Å². The molecule has 2 fully saturated rings. The zero-order valence-corrected chi connectivity index (χ0v) is 24.0. The van der Waals surface area contributed by atoms with Gasteiger partial charge in [0, 0.05) is 57.8 Å². The van der Waals surface area contributed by atoms with E-state index in [0.29, 0.717) is 43.7 Å². The van der Waals surface area contributed by atoms with Gasteiger partial charge in [-0.25, -0.2) is 18.4 Å². The summed E-state index contributed by atoms with van der Waals surface area (Å²) in [6.45, 7) is 5.63. The molecule has 0 N–H and O–H groups in total. The molecule has 210 valence electrons. The summed E-state index contributed by atoms with van der Waals surface area (Å²) in [6, 6.07) is 15.9. The van der Waals surface area contributed by atoms with Gasteiger partial charge in [-0.3, -0.25) is 4.90 Å². The lowest BCUT2D eigenvalue weighted by atomic mass is 10.1. The maximum atomic E-state index is 13.7. The van der Waals surface area contributed by atoms with Gasteiger partial charge in [0.05, 0.1) is 16.5 Å². The summed E-state index contributed by atoms with van der Waals surface area (Å²) in [4.78, 5) is 13.9. The Balaban J connectivity index is 1.30. The van der Waals surface area contributed by atoms with Crippen molar-refractivity contribution in [2.75, 3.05) is 51.3 Å². The van der Waals surface area contributed by atoms with Crippen LogP contribution in [0.3, 0.4) is 0 Å². The van der Waals surface area contributed by atoms with Gasteiger partial charge in [-0.1, -0.05) is 56.0 Å². The molecule has 0 radical (unpaired) electrons. The Hall–Kier alpha value is -2.59. The summed E-state index contributed by atoms with van der Waals surface area (Å²) in [5, 5.41) is 0.798. The largest absolute Gasteiger partial charge is 0.372 e. The minimum Gasteiger partial charge on any atom is -0.372 e. The van der Waals surface area contributed by atoms with Gasteiger partial charge in [-0.2, -0.15) is 4.31 Å². The first-order valence-electron chi connectivity index (χ1n) is 14.3. The third-order valence-corrected chi connectivity index (χ3v) is 10.1. The molecular formula is C30H41N5O3S. The second-order valence-electron chi connectivity index (χ2n) is 10.7. The first-order chi connectivity index (χ1) is 19.0. The van der Waals surface area contributed by atoms with Crippen LogP contribution < -0.4 is 4.90 Å². The molecule has 2 aliphatic rings. The van der Waals surface area contributed by atoms with Crippen LogP contribution in [0.15, 0.2) is 59.8 Å². The molecule has 1 unspecified atom stereocenters. The van der Waals surface area contributed by atoms with E-state index in [1.165, 1.54) is 25.7 Å². The van der Waals surface area contributed by atoms with Gasteiger partial charge in [0.15, 0.2) is 0 Å². The SMILES string of the molecule is CCOC(CN1CCN(S(=O)(=O)c2ccc3ncnc(N(C)C4CCCCCC4)c3c2)CC1)c1ccccc1. The maximum absolute atomic E-state index is 13.7. The summed E-state index contributed by atoms with van der Waals surface area (Å²) in [7, 11) is -1.55. The molecular weight excluding hydrogens is 510 g/mol. The number of aromatic nitrogens is 2. The molecule has 2 heterocycles. The van der Waals surface area contributed by atoms with Gasteiger partial charge >= 0.3 is 0 Å². The molecule has 0 spiro atoms. The number of hydrogen-bond acceptors (Lipinski definition) is 7. The van der Waals surface area contributed by atoms with E-state index in [0.717, 1.165) is 41.7 Å². The number of sulfonamides is 1. The van der Waals surface area contributed by atoms with Crippen molar-refractivity contribution in [1.82, 2.24) is 19.2 Å². The summed E-state index contributed by atoms with van der Waals surface area (Å²) >= 11 is 0. The van der Waals surface area contributed by atoms with Crippen LogP contribution in [0.1, 0.15) is 57.1 Å². The van der Waals surface area contributed by atoms with Crippen molar-refractivity contribution in [3.63, 3.8) is 0 Å². The van der Waals surface area contributed by atoms with E-state index in [9.17, 15) is 8.42 Å². The van der Waals surface area contributed by atoms with Crippen molar-refractivity contribution in [3.05, 3.63) is 60.4 Å². The Morgan fingerprint density at radius 1 is 0.974 bits per heavy atom. The van der Waals surface area contributed by atoms with E-state index in [4.69, 9.17) is 4.74 Å². The Morgan fingerprint density at radius 2 is 1.69 bits per heavy atom. The minimum atomic E-state index is -3.64. The van der Waals surface area contributed by atoms with E-state index in [1.54, 1.807) is 22.8 Å². The summed E-state index contributed by atoms with van der Waals surface area (Å²) in [6.07, 6.45) is 8.84. The Labute approximate surface area is 233 Å². The van der Waals surface area contributed by atoms with Crippen LogP contribution in [0.5, 0.6) is 0 Å². The monoisotopic (exact) mass is 551 g/mol. The fourth-order valence-electron chi connectivity index (χ4n) is 5.94. The third kappa shape index (κ3) is 6.43. The lowest BCUT2D eigenvalue weighted by molar-refractivity contribution is 0.0249. The van der Waals surface area contributed by atoms with Gasteiger partial charge in [0.1, 0.15) is 12.1 Å². The second-order valence-corrected chi connectivity index (χ2v) is 12.6. The van der Waals surface area contributed by atoms with Crippen LogP contribution in [0.25, 0.3) is 10.9 Å². The predicted molar refractivity (Wildman–Crippen MR) is 155 cm³/mol. The summed E-state index contributed by atoms with van der Waals surface area (Å²) in [5.74, 6) is 0.816. The van der Waals surface area contributed by atoms with Gasteiger partial charge in [0.2, 0.25) is 10.0 Å². The summed E-state index contributed by atoms with van der Waals surface area (Å²) in [5.41, 5.74) is 1.92. The number of piperazine rings is 1. The molecule has 9 heteroatoms. The van der Waals surface area contributed by atoms with Crippen LogP contribution in [-0.4, -0.2) is 80.0 Å².